The predicted molar refractivity (Wildman–Crippen MR) is 43.2 cm³/mol. The monoisotopic (exact) mass is 132 g/mol. The number of rotatable bonds is 0. The van der Waals surface area contributed by atoms with Crippen molar-refractivity contribution in [3.8, 4) is 0 Å². The van der Waals surface area contributed by atoms with E-state index in [9.17, 15) is 0 Å². The Morgan fingerprint density at radius 3 is 1.00 bits per heavy atom. The molecule has 0 heterocycles. The van der Waals surface area contributed by atoms with Crippen molar-refractivity contribution in [3.63, 3.8) is 0 Å². The molecule has 1 heteroatoms. The fourth-order valence-electron chi connectivity index (χ4n) is 0. The molecule has 0 aliphatic carbocycles. The summed E-state index contributed by atoms with van der Waals surface area (Å²) in [5.74, 6) is 0. The molecule has 0 aromatic rings. The van der Waals surface area contributed by atoms with Gasteiger partial charge in [-0.25, -0.2) is 0 Å². The molecule has 0 aromatic carbocycles. The summed E-state index contributed by atoms with van der Waals surface area (Å²) in [4.78, 5) is 0. The Balaban J connectivity index is 0. The minimum Gasteiger partial charge on any atom is -0.356 e. The standard InChI is InChI=1S/C5H12.C3H9N/c1-5(2,3)4;1-3(2)4/h1-4H3;3H,4H2,1-2H3/p+1. The number of hydrogen-bond donors (Lipinski definition) is 1. The van der Waals surface area contributed by atoms with Crippen LogP contribution in [0.3, 0.4) is 0 Å². The summed E-state index contributed by atoms with van der Waals surface area (Å²) in [6.07, 6.45) is 0. The average Bonchev–Trinajstić information content (AvgIpc) is 1.19. The van der Waals surface area contributed by atoms with E-state index in [1.165, 1.54) is 0 Å². The zero-order valence-electron chi connectivity index (χ0n) is 7.78. The molecule has 0 bridgehead atoms. The van der Waals surface area contributed by atoms with E-state index in [-0.39, 0.29) is 0 Å². The summed E-state index contributed by atoms with van der Waals surface area (Å²) in [6.45, 7) is 12.9. The first kappa shape index (κ1) is 11.7. The lowest BCUT2D eigenvalue weighted by Crippen LogP contribution is -2.57. The second-order valence-electron chi connectivity index (χ2n) is 4.39. The predicted octanol–water partition coefficient (Wildman–Crippen LogP) is 1.69. The molecule has 3 N–H and O–H groups in total. The topological polar surface area (TPSA) is 27.6 Å². The van der Waals surface area contributed by atoms with Crippen LogP contribution in [0.25, 0.3) is 0 Å². The molecule has 0 fully saturated rings. The number of quaternary nitrogens is 1. The lowest BCUT2D eigenvalue weighted by molar-refractivity contribution is -0.407. The molecule has 0 aromatic heterocycles. The van der Waals surface area contributed by atoms with Gasteiger partial charge in [0.1, 0.15) is 0 Å². The van der Waals surface area contributed by atoms with Gasteiger partial charge in [0.15, 0.2) is 0 Å². The maximum Gasteiger partial charge on any atom is 0.0786 e. The Kier molecular flexibility index (Phi) is 6.25. The maximum absolute atomic E-state index is 3.64. The lowest BCUT2D eigenvalue weighted by atomic mass is 10.0. The zero-order valence-corrected chi connectivity index (χ0v) is 7.78. The summed E-state index contributed by atoms with van der Waals surface area (Å²) < 4.78 is 0. The van der Waals surface area contributed by atoms with Crippen LogP contribution >= 0.6 is 0 Å². The molecule has 9 heavy (non-hydrogen) atoms. The minimum absolute atomic E-state index is 0.500. The van der Waals surface area contributed by atoms with Crippen LogP contribution in [0.1, 0.15) is 41.5 Å². The highest BCUT2D eigenvalue weighted by atomic mass is 14.6. The minimum atomic E-state index is 0.500. The summed E-state index contributed by atoms with van der Waals surface area (Å²) in [5, 5.41) is 0. The van der Waals surface area contributed by atoms with E-state index in [0.29, 0.717) is 11.5 Å². The molecule has 0 saturated heterocycles. The summed E-state index contributed by atoms with van der Waals surface area (Å²) >= 11 is 0. The van der Waals surface area contributed by atoms with Gasteiger partial charge in [0.25, 0.3) is 0 Å². The van der Waals surface area contributed by atoms with E-state index < -0.39 is 0 Å². The van der Waals surface area contributed by atoms with Crippen LogP contribution in [0.4, 0.5) is 0 Å². The molecule has 0 atom stereocenters. The molecular weight excluding hydrogens is 110 g/mol. The highest BCUT2D eigenvalue weighted by Gasteiger charge is 1.95. The van der Waals surface area contributed by atoms with Crippen LogP contribution in [-0.4, -0.2) is 6.04 Å². The third kappa shape index (κ3) is 177000. The number of hydrogen-bond acceptors (Lipinski definition) is 0. The molecular formula is C8H22N+. The second-order valence-corrected chi connectivity index (χ2v) is 4.39. The highest BCUT2D eigenvalue weighted by Crippen LogP contribution is 2.07. The third-order valence-corrected chi connectivity index (χ3v) is 0. The van der Waals surface area contributed by atoms with Gasteiger partial charge >= 0.3 is 0 Å². The Morgan fingerprint density at radius 2 is 1.00 bits per heavy atom. The van der Waals surface area contributed by atoms with Gasteiger partial charge in [-0.2, -0.15) is 0 Å². The van der Waals surface area contributed by atoms with Crippen molar-refractivity contribution >= 4 is 0 Å². The van der Waals surface area contributed by atoms with Gasteiger partial charge in [0.2, 0.25) is 0 Å². The van der Waals surface area contributed by atoms with Crippen molar-refractivity contribution in [3.05, 3.63) is 0 Å². The van der Waals surface area contributed by atoms with E-state index in [1.54, 1.807) is 0 Å². The summed E-state index contributed by atoms with van der Waals surface area (Å²) in [7, 11) is 0. The van der Waals surface area contributed by atoms with Gasteiger partial charge in [-0.3, -0.25) is 0 Å². The first-order chi connectivity index (χ1) is 3.73. The van der Waals surface area contributed by atoms with Gasteiger partial charge in [-0.05, 0) is 19.3 Å². The lowest BCUT2D eigenvalue weighted by Gasteiger charge is -2.05. The van der Waals surface area contributed by atoms with Crippen LogP contribution in [0, 0.1) is 5.41 Å². The van der Waals surface area contributed by atoms with Crippen LogP contribution in [-0.2, 0) is 0 Å². The maximum atomic E-state index is 3.64. The van der Waals surface area contributed by atoms with Crippen molar-refractivity contribution in [1.29, 1.82) is 0 Å². The van der Waals surface area contributed by atoms with Crippen molar-refractivity contribution in [2.75, 3.05) is 0 Å². The van der Waals surface area contributed by atoms with Crippen molar-refractivity contribution in [2.45, 2.75) is 47.6 Å². The Labute approximate surface area is 59.6 Å². The van der Waals surface area contributed by atoms with E-state index >= 15 is 0 Å². The molecule has 0 aliphatic heterocycles. The van der Waals surface area contributed by atoms with Gasteiger partial charge in [0.05, 0.1) is 6.04 Å². The van der Waals surface area contributed by atoms with E-state index in [4.69, 9.17) is 0 Å². The zero-order chi connectivity index (χ0) is 8.08. The van der Waals surface area contributed by atoms with Crippen LogP contribution < -0.4 is 5.73 Å². The first-order valence-electron chi connectivity index (χ1n) is 3.56. The average molecular weight is 132 g/mol. The molecule has 1 nitrogen and oxygen atoms in total. The first-order valence-corrected chi connectivity index (χ1v) is 3.56. The molecule has 0 saturated carbocycles. The largest absolute Gasteiger partial charge is 0.356 e. The Hall–Kier alpha value is -0.0400. The van der Waals surface area contributed by atoms with Crippen molar-refractivity contribution in [1.82, 2.24) is 0 Å². The normalized spacial score (nSPS) is 10.7. The highest BCUT2D eigenvalue weighted by molar-refractivity contribution is 4.47. The fraction of sp³-hybridized carbons (Fsp3) is 1.00. The van der Waals surface area contributed by atoms with Gasteiger partial charge in [0, 0.05) is 0 Å². The van der Waals surface area contributed by atoms with Crippen molar-refractivity contribution < 1.29 is 5.73 Å². The molecule has 58 valence electrons. The fourth-order valence-corrected chi connectivity index (χ4v) is 0. The smallest absolute Gasteiger partial charge is 0.0786 e. The molecule has 0 amide bonds. The van der Waals surface area contributed by atoms with Gasteiger partial charge in [-0.1, -0.05) is 27.7 Å². The summed E-state index contributed by atoms with van der Waals surface area (Å²) in [6, 6.07) is 0.583. The molecule has 0 radical (unpaired) electrons. The van der Waals surface area contributed by atoms with E-state index in [0.717, 1.165) is 0 Å². The van der Waals surface area contributed by atoms with Crippen molar-refractivity contribution in [2.24, 2.45) is 5.41 Å². The van der Waals surface area contributed by atoms with E-state index in [1.807, 2.05) is 0 Å². The molecule has 0 unspecified atom stereocenters. The SMILES string of the molecule is CC(C)(C)C.CC(C)[NH3+]. The van der Waals surface area contributed by atoms with Crippen LogP contribution in [0.2, 0.25) is 0 Å². The third-order valence-electron chi connectivity index (χ3n) is 0. The molecule has 0 rings (SSSR count). The van der Waals surface area contributed by atoms with Gasteiger partial charge < -0.3 is 5.73 Å². The van der Waals surface area contributed by atoms with E-state index in [2.05, 4.69) is 47.3 Å². The second kappa shape index (κ2) is 4.80. The quantitative estimate of drug-likeness (QED) is 0.519. The Morgan fingerprint density at radius 1 is 1.00 bits per heavy atom. The Bertz CT molecular complexity index is 41.3. The molecule has 0 aliphatic rings. The van der Waals surface area contributed by atoms with Gasteiger partial charge in [-0.15, -0.1) is 0 Å². The van der Waals surface area contributed by atoms with Crippen LogP contribution in [0.15, 0.2) is 0 Å². The molecule has 0 spiro atoms. The summed E-state index contributed by atoms with van der Waals surface area (Å²) in [5.41, 5.74) is 4.14. The van der Waals surface area contributed by atoms with Crippen LogP contribution in [0.5, 0.6) is 0 Å².